The second kappa shape index (κ2) is 7.68. The molecule has 0 unspecified atom stereocenters. The molecule has 1 aromatic carbocycles. The molecule has 30 heavy (non-hydrogen) atoms. The lowest BCUT2D eigenvalue weighted by atomic mass is 9.84. The van der Waals surface area contributed by atoms with E-state index in [9.17, 15) is 9.50 Å². The summed E-state index contributed by atoms with van der Waals surface area (Å²) in [5, 5.41) is 22.1. The van der Waals surface area contributed by atoms with Gasteiger partial charge in [0.25, 0.3) is 0 Å². The smallest absolute Gasteiger partial charge is 0.233 e. The molecule has 0 amide bonds. The number of aromatic nitrogens is 3. The number of nitrogens with zero attached hydrogens (tertiary/aromatic N) is 3. The Kier molecular flexibility index (Phi) is 4.86. The molecule has 156 valence electrons. The van der Waals surface area contributed by atoms with E-state index in [2.05, 4.69) is 20.5 Å². The third-order valence-corrected chi connectivity index (χ3v) is 5.87. The molecule has 2 aliphatic heterocycles. The van der Waals surface area contributed by atoms with Crippen molar-refractivity contribution in [2.24, 2.45) is 0 Å². The van der Waals surface area contributed by atoms with E-state index in [-0.39, 0.29) is 11.8 Å². The van der Waals surface area contributed by atoms with E-state index in [4.69, 9.17) is 9.15 Å². The minimum absolute atomic E-state index is 0.0612. The van der Waals surface area contributed by atoms with E-state index >= 15 is 0 Å². The van der Waals surface area contributed by atoms with Crippen molar-refractivity contribution in [2.75, 3.05) is 0 Å². The maximum absolute atomic E-state index is 14.7. The standard InChI is InChI=1S/C22H23FN4O3/c1-12-24-18(11-29-12)13-5-6-15(19(28)9-13)16-7-8-21(27-26-16)30-20-10-14-3-2-4-17(25-14)22(20)23/h5-9,11,14,17,20,22,25,28H,2-4,10H2,1H3/t14-,17+,20-,22+/m0/s1. The molecule has 0 aliphatic carbocycles. The van der Waals surface area contributed by atoms with Gasteiger partial charge < -0.3 is 19.6 Å². The number of oxazole rings is 1. The predicted molar refractivity (Wildman–Crippen MR) is 108 cm³/mol. The Morgan fingerprint density at radius 1 is 1.17 bits per heavy atom. The molecule has 2 aliphatic rings. The summed E-state index contributed by atoms with van der Waals surface area (Å²) in [5.41, 5.74) is 2.43. The number of aromatic hydroxyl groups is 1. The van der Waals surface area contributed by atoms with Crippen LogP contribution in [0.4, 0.5) is 4.39 Å². The van der Waals surface area contributed by atoms with Crippen LogP contribution in [0.25, 0.3) is 22.5 Å². The lowest BCUT2D eigenvalue weighted by Gasteiger charge is -2.42. The Hall–Kier alpha value is -3.00. The minimum atomic E-state index is -1.06. The number of fused-ring (bicyclic) bond motifs is 2. The highest BCUT2D eigenvalue weighted by atomic mass is 19.1. The number of piperidine rings is 2. The highest BCUT2D eigenvalue weighted by Crippen LogP contribution is 2.33. The fraction of sp³-hybridized carbons (Fsp3) is 0.409. The molecule has 3 aromatic rings. The summed E-state index contributed by atoms with van der Waals surface area (Å²) in [6.45, 7) is 1.76. The lowest BCUT2D eigenvalue weighted by Crippen LogP contribution is -2.59. The van der Waals surface area contributed by atoms with Crippen molar-refractivity contribution in [1.29, 1.82) is 0 Å². The van der Waals surface area contributed by atoms with Crippen LogP contribution in [-0.2, 0) is 0 Å². The van der Waals surface area contributed by atoms with Crippen molar-refractivity contribution >= 4 is 0 Å². The van der Waals surface area contributed by atoms with Crippen LogP contribution >= 0.6 is 0 Å². The summed E-state index contributed by atoms with van der Waals surface area (Å²) in [6, 6.07) is 8.74. The fourth-order valence-electron chi connectivity index (χ4n) is 4.36. The average molecular weight is 410 g/mol. The van der Waals surface area contributed by atoms with Gasteiger partial charge in [-0.25, -0.2) is 9.37 Å². The summed E-state index contributed by atoms with van der Waals surface area (Å²) in [6.07, 6.45) is 3.55. The third kappa shape index (κ3) is 3.63. The molecule has 4 heterocycles. The number of benzene rings is 1. The predicted octanol–water partition coefficient (Wildman–Crippen LogP) is 3.81. The number of hydrogen-bond donors (Lipinski definition) is 2. The highest BCUT2D eigenvalue weighted by Gasteiger charge is 2.41. The second-order valence-electron chi connectivity index (χ2n) is 7.98. The number of phenolic OH excluding ortho intramolecular Hbond substituents is 1. The molecule has 2 N–H and O–H groups in total. The zero-order valence-corrected chi connectivity index (χ0v) is 16.6. The Morgan fingerprint density at radius 2 is 2.07 bits per heavy atom. The first kappa shape index (κ1) is 19.0. The van der Waals surface area contributed by atoms with E-state index in [0.29, 0.717) is 41.2 Å². The van der Waals surface area contributed by atoms with Crippen LogP contribution in [0.2, 0.25) is 0 Å². The maximum atomic E-state index is 14.7. The summed E-state index contributed by atoms with van der Waals surface area (Å²) in [7, 11) is 0. The SMILES string of the molecule is Cc1nc(-c2ccc(-c3ccc(O[C@H]4C[C@@H]5CCC[C@@H](N5)[C@H]4F)nn3)c(O)c2)co1. The molecule has 0 radical (unpaired) electrons. The van der Waals surface area contributed by atoms with Crippen molar-refractivity contribution in [3.8, 4) is 34.1 Å². The summed E-state index contributed by atoms with van der Waals surface area (Å²) in [5.74, 6) is 0.912. The van der Waals surface area contributed by atoms with Crippen molar-refractivity contribution in [2.45, 2.75) is 57.0 Å². The molecule has 2 saturated heterocycles. The number of rotatable bonds is 4. The Bertz CT molecular complexity index is 1040. The van der Waals surface area contributed by atoms with Crippen LogP contribution in [-0.4, -0.2) is 44.6 Å². The Morgan fingerprint density at radius 3 is 2.80 bits per heavy atom. The van der Waals surface area contributed by atoms with Crippen LogP contribution in [0.3, 0.4) is 0 Å². The number of alkyl halides is 1. The fourth-order valence-corrected chi connectivity index (χ4v) is 4.36. The third-order valence-electron chi connectivity index (χ3n) is 5.87. The van der Waals surface area contributed by atoms with Crippen molar-refractivity contribution < 1.29 is 18.7 Å². The minimum Gasteiger partial charge on any atom is -0.507 e. The number of ether oxygens (including phenoxy) is 1. The topological polar surface area (TPSA) is 93.3 Å². The Balaban J connectivity index is 1.31. The van der Waals surface area contributed by atoms with E-state index in [0.717, 1.165) is 24.8 Å². The molecule has 2 fully saturated rings. The van der Waals surface area contributed by atoms with Gasteiger partial charge in [-0.3, -0.25) is 0 Å². The quantitative estimate of drug-likeness (QED) is 0.675. The lowest BCUT2D eigenvalue weighted by molar-refractivity contribution is 0.00652. The molecular weight excluding hydrogens is 387 g/mol. The Labute approximate surface area is 173 Å². The van der Waals surface area contributed by atoms with Crippen molar-refractivity contribution in [1.82, 2.24) is 20.5 Å². The van der Waals surface area contributed by atoms with Crippen LogP contribution in [0.5, 0.6) is 11.6 Å². The number of hydrogen-bond acceptors (Lipinski definition) is 7. The normalized spacial score (nSPS) is 25.8. The van der Waals surface area contributed by atoms with Gasteiger partial charge in [-0.1, -0.05) is 12.5 Å². The van der Waals surface area contributed by atoms with Gasteiger partial charge in [-0.2, -0.15) is 0 Å². The summed E-state index contributed by atoms with van der Waals surface area (Å²) in [4.78, 5) is 4.26. The number of phenols is 1. The van der Waals surface area contributed by atoms with E-state index < -0.39 is 12.3 Å². The van der Waals surface area contributed by atoms with Gasteiger partial charge in [0.15, 0.2) is 12.1 Å². The first-order chi connectivity index (χ1) is 14.6. The molecule has 2 aromatic heterocycles. The molecule has 4 atom stereocenters. The number of halogens is 1. The van der Waals surface area contributed by atoms with Crippen LogP contribution < -0.4 is 10.1 Å². The first-order valence-corrected chi connectivity index (χ1v) is 10.2. The number of nitrogens with one attached hydrogen (secondary N) is 1. The summed E-state index contributed by atoms with van der Waals surface area (Å²) < 4.78 is 25.8. The molecule has 0 saturated carbocycles. The molecule has 0 spiro atoms. The monoisotopic (exact) mass is 410 g/mol. The van der Waals surface area contributed by atoms with Gasteiger partial charge in [0, 0.05) is 42.6 Å². The van der Waals surface area contributed by atoms with Gasteiger partial charge in [0.1, 0.15) is 23.8 Å². The van der Waals surface area contributed by atoms with Gasteiger partial charge in [-0.05, 0) is 31.0 Å². The van der Waals surface area contributed by atoms with Gasteiger partial charge in [-0.15, -0.1) is 10.2 Å². The molecule has 7 nitrogen and oxygen atoms in total. The zero-order chi connectivity index (χ0) is 20.7. The highest BCUT2D eigenvalue weighted by molar-refractivity contribution is 5.72. The molecule has 5 rings (SSSR count). The molecular formula is C22H23FN4O3. The summed E-state index contributed by atoms with van der Waals surface area (Å²) >= 11 is 0. The van der Waals surface area contributed by atoms with Crippen molar-refractivity contribution in [3.05, 3.63) is 42.5 Å². The van der Waals surface area contributed by atoms with Crippen LogP contribution in [0, 0.1) is 6.92 Å². The largest absolute Gasteiger partial charge is 0.507 e. The van der Waals surface area contributed by atoms with Crippen molar-refractivity contribution in [3.63, 3.8) is 0 Å². The van der Waals surface area contributed by atoms with Gasteiger partial charge in [0.2, 0.25) is 5.88 Å². The average Bonchev–Trinajstić information content (AvgIpc) is 3.19. The second-order valence-corrected chi connectivity index (χ2v) is 7.98. The molecule has 2 bridgehead atoms. The van der Waals surface area contributed by atoms with Crippen LogP contribution in [0.15, 0.2) is 41.0 Å². The zero-order valence-electron chi connectivity index (χ0n) is 16.6. The van der Waals surface area contributed by atoms with E-state index in [1.54, 1.807) is 37.5 Å². The van der Waals surface area contributed by atoms with Gasteiger partial charge in [0.05, 0.1) is 5.69 Å². The van der Waals surface area contributed by atoms with Crippen LogP contribution in [0.1, 0.15) is 31.6 Å². The first-order valence-electron chi connectivity index (χ1n) is 10.2. The van der Waals surface area contributed by atoms with E-state index in [1.165, 1.54) is 0 Å². The van der Waals surface area contributed by atoms with E-state index in [1.807, 2.05) is 6.07 Å². The molecule has 8 heteroatoms. The number of aryl methyl sites for hydroxylation is 1. The van der Waals surface area contributed by atoms with Gasteiger partial charge >= 0.3 is 0 Å². The maximum Gasteiger partial charge on any atom is 0.233 e.